The monoisotopic (exact) mass is 295 g/mol. The third kappa shape index (κ3) is 3.12. The zero-order chi connectivity index (χ0) is 14.7. The molecule has 4 nitrogen and oxygen atoms in total. The Hall–Kier alpha value is -1.55. The molecule has 5 heteroatoms. The fourth-order valence-electron chi connectivity index (χ4n) is 2.56. The van der Waals surface area contributed by atoms with Crippen LogP contribution in [0, 0.1) is 12.8 Å². The number of methoxy groups -OCH3 is 1. The van der Waals surface area contributed by atoms with E-state index in [2.05, 4.69) is 0 Å². The molecule has 0 aromatic heterocycles. The summed E-state index contributed by atoms with van der Waals surface area (Å²) < 4.78 is 4.77. The van der Waals surface area contributed by atoms with Crippen molar-refractivity contribution >= 4 is 23.5 Å². The normalized spacial score (nSPS) is 18.8. The van der Waals surface area contributed by atoms with Gasteiger partial charge in [-0.3, -0.25) is 9.59 Å². The van der Waals surface area contributed by atoms with Crippen molar-refractivity contribution in [3.8, 4) is 0 Å². The number of esters is 1. The predicted molar refractivity (Wildman–Crippen MR) is 76.8 cm³/mol. The van der Waals surface area contributed by atoms with E-state index in [1.165, 1.54) is 7.11 Å². The van der Waals surface area contributed by atoms with Crippen molar-refractivity contribution in [2.75, 3.05) is 20.2 Å². The van der Waals surface area contributed by atoms with Gasteiger partial charge in [-0.1, -0.05) is 11.6 Å². The Morgan fingerprint density at radius 2 is 2.15 bits per heavy atom. The smallest absolute Gasteiger partial charge is 0.310 e. The standard InChI is InChI=1S/C15H18ClNO3/c1-10-8-12(16)5-6-13(10)14(18)17-7-3-4-11(9-17)15(19)20-2/h5-6,8,11H,3-4,7,9H2,1-2H3/t11-/m0/s1. The fraction of sp³-hybridized carbons (Fsp3) is 0.467. The molecule has 1 aliphatic heterocycles. The number of hydrogen-bond donors (Lipinski definition) is 0. The Morgan fingerprint density at radius 3 is 2.80 bits per heavy atom. The summed E-state index contributed by atoms with van der Waals surface area (Å²) in [6.45, 7) is 2.96. The summed E-state index contributed by atoms with van der Waals surface area (Å²) in [4.78, 5) is 25.8. The minimum Gasteiger partial charge on any atom is -0.469 e. The molecule has 1 fully saturated rings. The van der Waals surface area contributed by atoms with E-state index in [1.807, 2.05) is 6.92 Å². The average Bonchev–Trinajstić information content (AvgIpc) is 2.46. The molecule has 1 heterocycles. The molecule has 1 aromatic carbocycles. The summed E-state index contributed by atoms with van der Waals surface area (Å²) in [6.07, 6.45) is 1.59. The number of amides is 1. The Bertz CT molecular complexity index is 530. The maximum absolute atomic E-state index is 12.5. The lowest BCUT2D eigenvalue weighted by Gasteiger charge is -2.31. The first kappa shape index (κ1) is 14.9. The second-order valence-corrected chi connectivity index (χ2v) is 5.51. The Morgan fingerprint density at radius 1 is 1.40 bits per heavy atom. The number of carbonyl (C=O) groups excluding carboxylic acids is 2. The molecule has 0 unspecified atom stereocenters. The number of aryl methyl sites for hydroxylation is 1. The Kier molecular flexibility index (Phi) is 4.65. The van der Waals surface area contributed by atoms with Gasteiger partial charge in [0.25, 0.3) is 5.91 Å². The average molecular weight is 296 g/mol. The van der Waals surface area contributed by atoms with Crippen LogP contribution in [0.15, 0.2) is 18.2 Å². The highest BCUT2D eigenvalue weighted by atomic mass is 35.5. The lowest BCUT2D eigenvalue weighted by molar-refractivity contribution is -0.146. The van der Waals surface area contributed by atoms with Crippen LogP contribution in [0.2, 0.25) is 5.02 Å². The molecule has 1 atom stereocenters. The van der Waals surface area contributed by atoms with Gasteiger partial charge in [0.15, 0.2) is 0 Å². The minimum atomic E-state index is -0.240. The topological polar surface area (TPSA) is 46.6 Å². The Labute approximate surface area is 123 Å². The third-order valence-electron chi connectivity index (χ3n) is 3.66. The number of piperidine rings is 1. The molecule has 0 radical (unpaired) electrons. The van der Waals surface area contributed by atoms with Crippen LogP contribution < -0.4 is 0 Å². The van der Waals surface area contributed by atoms with Crippen molar-refractivity contribution < 1.29 is 14.3 Å². The van der Waals surface area contributed by atoms with E-state index in [9.17, 15) is 9.59 Å². The molecule has 2 rings (SSSR count). The summed E-state index contributed by atoms with van der Waals surface area (Å²) in [5.74, 6) is -0.506. The van der Waals surface area contributed by atoms with E-state index in [4.69, 9.17) is 16.3 Å². The van der Waals surface area contributed by atoms with Gasteiger partial charge in [0, 0.05) is 23.7 Å². The van der Waals surface area contributed by atoms with Gasteiger partial charge in [-0.2, -0.15) is 0 Å². The number of hydrogen-bond acceptors (Lipinski definition) is 3. The van der Waals surface area contributed by atoms with Crippen LogP contribution in [0.5, 0.6) is 0 Å². The van der Waals surface area contributed by atoms with Gasteiger partial charge in [-0.25, -0.2) is 0 Å². The molecule has 0 bridgehead atoms. The number of rotatable bonds is 2. The van der Waals surface area contributed by atoms with E-state index >= 15 is 0 Å². The third-order valence-corrected chi connectivity index (χ3v) is 3.90. The van der Waals surface area contributed by atoms with Crippen LogP contribution in [0.1, 0.15) is 28.8 Å². The Balaban J connectivity index is 2.14. The van der Waals surface area contributed by atoms with Crippen LogP contribution in [0.3, 0.4) is 0 Å². The van der Waals surface area contributed by atoms with Gasteiger partial charge in [0.2, 0.25) is 0 Å². The number of benzene rings is 1. The zero-order valence-electron chi connectivity index (χ0n) is 11.7. The number of carbonyl (C=O) groups is 2. The van der Waals surface area contributed by atoms with Crippen molar-refractivity contribution in [3.63, 3.8) is 0 Å². The first-order valence-corrected chi connectivity index (χ1v) is 7.04. The van der Waals surface area contributed by atoms with Crippen LogP contribution in [-0.2, 0) is 9.53 Å². The first-order valence-electron chi connectivity index (χ1n) is 6.66. The van der Waals surface area contributed by atoms with Gasteiger partial charge in [-0.15, -0.1) is 0 Å². The van der Waals surface area contributed by atoms with Crippen LogP contribution in [0.25, 0.3) is 0 Å². The van der Waals surface area contributed by atoms with E-state index in [-0.39, 0.29) is 17.8 Å². The van der Waals surface area contributed by atoms with E-state index < -0.39 is 0 Å². The molecule has 108 valence electrons. The molecule has 0 saturated carbocycles. The first-order chi connectivity index (χ1) is 9.52. The molecule has 1 amide bonds. The molecule has 0 spiro atoms. The largest absolute Gasteiger partial charge is 0.469 e. The van der Waals surface area contributed by atoms with Crippen molar-refractivity contribution in [3.05, 3.63) is 34.3 Å². The lowest BCUT2D eigenvalue weighted by Crippen LogP contribution is -2.42. The van der Waals surface area contributed by atoms with Crippen molar-refractivity contribution in [2.45, 2.75) is 19.8 Å². The van der Waals surface area contributed by atoms with Gasteiger partial charge in [0.1, 0.15) is 0 Å². The highest BCUT2D eigenvalue weighted by Gasteiger charge is 2.29. The maximum Gasteiger partial charge on any atom is 0.310 e. The van der Waals surface area contributed by atoms with E-state index in [0.29, 0.717) is 23.7 Å². The minimum absolute atomic E-state index is 0.0484. The lowest BCUT2D eigenvalue weighted by atomic mass is 9.97. The zero-order valence-corrected chi connectivity index (χ0v) is 12.4. The molecule has 20 heavy (non-hydrogen) atoms. The summed E-state index contributed by atoms with van der Waals surface area (Å²) in [5.41, 5.74) is 1.49. The quantitative estimate of drug-likeness (QED) is 0.788. The van der Waals surface area contributed by atoms with Crippen LogP contribution in [-0.4, -0.2) is 37.0 Å². The summed E-state index contributed by atoms with van der Waals surface area (Å²) in [6, 6.07) is 5.22. The summed E-state index contributed by atoms with van der Waals surface area (Å²) >= 11 is 5.90. The molecule has 0 N–H and O–H groups in total. The number of ether oxygens (including phenoxy) is 1. The van der Waals surface area contributed by atoms with Gasteiger partial charge in [-0.05, 0) is 43.5 Å². The number of nitrogens with zero attached hydrogens (tertiary/aromatic N) is 1. The second kappa shape index (κ2) is 6.27. The van der Waals surface area contributed by atoms with E-state index in [0.717, 1.165) is 18.4 Å². The SMILES string of the molecule is COC(=O)[C@H]1CCCN(C(=O)c2ccc(Cl)cc2C)C1. The molecular formula is C15H18ClNO3. The van der Waals surface area contributed by atoms with Gasteiger partial charge < -0.3 is 9.64 Å². The number of halogens is 1. The second-order valence-electron chi connectivity index (χ2n) is 5.07. The van der Waals surface area contributed by atoms with Crippen molar-refractivity contribution in [1.82, 2.24) is 4.90 Å². The van der Waals surface area contributed by atoms with E-state index in [1.54, 1.807) is 23.1 Å². The van der Waals surface area contributed by atoms with Crippen LogP contribution >= 0.6 is 11.6 Å². The summed E-state index contributed by atoms with van der Waals surface area (Å²) in [7, 11) is 1.38. The van der Waals surface area contributed by atoms with Crippen LogP contribution in [0.4, 0.5) is 0 Å². The number of likely N-dealkylation sites (tertiary alicyclic amines) is 1. The van der Waals surface area contributed by atoms with Gasteiger partial charge >= 0.3 is 5.97 Å². The molecule has 1 aliphatic rings. The maximum atomic E-state index is 12.5. The highest BCUT2D eigenvalue weighted by Crippen LogP contribution is 2.22. The summed E-state index contributed by atoms with van der Waals surface area (Å²) in [5, 5.41) is 0.616. The predicted octanol–water partition coefficient (Wildman–Crippen LogP) is 2.67. The van der Waals surface area contributed by atoms with Crippen molar-refractivity contribution in [1.29, 1.82) is 0 Å². The molecule has 0 aliphatic carbocycles. The molecule has 1 saturated heterocycles. The van der Waals surface area contributed by atoms with Gasteiger partial charge in [0.05, 0.1) is 13.0 Å². The fourth-order valence-corrected chi connectivity index (χ4v) is 2.78. The highest BCUT2D eigenvalue weighted by molar-refractivity contribution is 6.30. The molecule has 1 aromatic rings. The van der Waals surface area contributed by atoms with Crippen molar-refractivity contribution in [2.24, 2.45) is 5.92 Å². The molecular weight excluding hydrogens is 278 g/mol.